The molecule has 0 aliphatic carbocycles. The Labute approximate surface area is 383 Å². The molecule has 0 fully saturated rings. The maximum absolute atomic E-state index is 12.8. The molecular formula is C56H98O6. The van der Waals surface area contributed by atoms with Crippen molar-refractivity contribution in [3.63, 3.8) is 0 Å². The molecule has 1 unspecified atom stereocenters. The molecule has 0 amide bonds. The van der Waals surface area contributed by atoms with Crippen LogP contribution in [-0.2, 0) is 28.6 Å². The minimum absolute atomic E-state index is 0.0840. The lowest BCUT2D eigenvalue weighted by Gasteiger charge is -2.18. The highest BCUT2D eigenvalue weighted by molar-refractivity contribution is 5.71. The van der Waals surface area contributed by atoms with Crippen LogP contribution >= 0.6 is 0 Å². The van der Waals surface area contributed by atoms with E-state index in [9.17, 15) is 14.4 Å². The lowest BCUT2D eigenvalue weighted by atomic mass is 10.0. The Balaban J connectivity index is 4.38. The van der Waals surface area contributed by atoms with Crippen LogP contribution in [0.15, 0.2) is 60.8 Å². The minimum atomic E-state index is -0.782. The summed E-state index contributed by atoms with van der Waals surface area (Å²) in [5, 5.41) is 0. The summed E-state index contributed by atoms with van der Waals surface area (Å²) in [6, 6.07) is 0. The first-order chi connectivity index (χ1) is 30.5. The Morgan fingerprint density at radius 1 is 0.339 bits per heavy atom. The zero-order valence-electron chi connectivity index (χ0n) is 40.9. The Morgan fingerprint density at radius 3 is 0.984 bits per heavy atom. The lowest BCUT2D eigenvalue weighted by molar-refractivity contribution is -0.167. The fourth-order valence-electron chi connectivity index (χ4n) is 7.38. The molecule has 0 bridgehead atoms. The van der Waals surface area contributed by atoms with Crippen molar-refractivity contribution in [1.82, 2.24) is 0 Å². The van der Waals surface area contributed by atoms with Crippen LogP contribution in [0, 0.1) is 0 Å². The van der Waals surface area contributed by atoms with Gasteiger partial charge in [-0.1, -0.05) is 223 Å². The lowest BCUT2D eigenvalue weighted by Crippen LogP contribution is -2.30. The van der Waals surface area contributed by atoms with Gasteiger partial charge in [-0.2, -0.15) is 0 Å². The van der Waals surface area contributed by atoms with Gasteiger partial charge in [0.1, 0.15) is 13.2 Å². The van der Waals surface area contributed by atoms with E-state index < -0.39 is 6.10 Å². The second-order valence-electron chi connectivity index (χ2n) is 17.4. The van der Waals surface area contributed by atoms with Gasteiger partial charge >= 0.3 is 17.9 Å². The van der Waals surface area contributed by atoms with E-state index in [4.69, 9.17) is 14.2 Å². The Hall–Kier alpha value is -2.89. The molecule has 0 aliphatic rings. The number of hydrogen-bond donors (Lipinski definition) is 0. The normalized spacial score (nSPS) is 12.5. The predicted octanol–water partition coefficient (Wildman–Crippen LogP) is 17.3. The molecule has 0 aliphatic heterocycles. The van der Waals surface area contributed by atoms with Crippen molar-refractivity contribution in [2.45, 2.75) is 264 Å². The summed E-state index contributed by atoms with van der Waals surface area (Å²) in [7, 11) is 0. The van der Waals surface area contributed by atoms with E-state index in [2.05, 4.69) is 81.5 Å². The largest absolute Gasteiger partial charge is 0.462 e. The van der Waals surface area contributed by atoms with Crippen LogP contribution < -0.4 is 0 Å². The number of carbonyl (C=O) groups is 3. The summed E-state index contributed by atoms with van der Waals surface area (Å²) in [6.45, 7) is 6.41. The van der Waals surface area contributed by atoms with E-state index >= 15 is 0 Å². The van der Waals surface area contributed by atoms with Crippen LogP contribution in [0.3, 0.4) is 0 Å². The Bertz CT molecular complexity index is 1130. The number of esters is 3. The maximum Gasteiger partial charge on any atom is 0.306 e. The average molecular weight is 867 g/mol. The first kappa shape index (κ1) is 59.1. The molecule has 0 rings (SSSR count). The van der Waals surface area contributed by atoms with Crippen LogP contribution in [0.4, 0.5) is 0 Å². The monoisotopic (exact) mass is 867 g/mol. The Kier molecular flexibility index (Phi) is 48.4. The van der Waals surface area contributed by atoms with Gasteiger partial charge in [0.25, 0.3) is 0 Å². The summed E-state index contributed by atoms with van der Waals surface area (Å²) in [4.78, 5) is 38.0. The van der Waals surface area contributed by atoms with E-state index in [0.717, 1.165) is 109 Å². The van der Waals surface area contributed by atoms with E-state index in [1.807, 2.05) is 0 Å². The summed E-state index contributed by atoms with van der Waals surface area (Å²) in [6.07, 6.45) is 62.0. The quantitative estimate of drug-likeness (QED) is 0.0262. The first-order valence-corrected chi connectivity index (χ1v) is 26.3. The van der Waals surface area contributed by atoms with Crippen molar-refractivity contribution in [3.8, 4) is 0 Å². The van der Waals surface area contributed by atoms with E-state index in [-0.39, 0.29) is 31.1 Å². The fraction of sp³-hybridized carbons (Fsp3) is 0.768. The van der Waals surface area contributed by atoms with Gasteiger partial charge in [0, 0.05) is 19.3 Å². The van der Waals surface area contributed by atoms with Gasteiger partial charge in [0.15, 0.2) is 6.10 Å². The summed E-state index contributed by atoms with van der Waals surface area (Å²) >= 11 is 0. The minimum Gasteiger partial charge on any atom is -0.462 e. The molecule has 0 N–H and O–H groups in total. The summed E-state index contributed by atoms with van der Waals surface area (Å²) in [5.74, 6) is -0.903. The van der Waals surface area contributed by atoms with Crippen molar-refractivity contribution >= 4 is 17.9 Å². The molecule has 0 spiro atoms. The molecule has 0 aromatic heterocycles. The molecule has 0 aromatic carbocycles. The first-order valence-electron chi connectivity index (χ1n) is 26.3. The van der Waals surface area contributed by atoms with Crippen molar-refractivity contribution in [2.24, 2.45) is 0 Å². The third-order valence-electron chi connectivity index (χ3n) is 11.3. The van der Waals surface area contributed by atoms with Crippen molar-refractivity contribution in [1.29, 1.82) is 0 Å². The molecule has 0 aromatic rings. The van der Waals surface area contributed by atoms with Crippen LogP contribution in [0.5, 0.6) is 0 Å². The van der Waals surface area contributed by atoms with E-state index in [1.165, 1.54) is 109 Å². The van der Waals surface area contributed by atoms with Gasteiger partial charge in [0.05, 0.1) is 0 Å². The molecule has 62 heavy (non-hydrogen) atoms. The number of hydrogen-bond acceptors (Lipinski definition) is 6. The van der Waals surface area contributed by atoms with Crippen molar-refractivity contribution < 1.29 is 28.6 Å². The molecule has 0 saturated heterocycles. The van der Waals surface area contributed by atoms with Crippen LogP contribution in [0.25, 0.3) is 0 Å². The molecule has 0 heterocycles. The van der Waals surface area contributed by atoms with Gasteiger partial charge in [-0.05, 0) is 77.0 Å². The molecule has 1 atom stereocenters. The highest BCUT2D eigenvalue weighted by atomic mass is 16.6. The average Bonchev–Trinajstić information content (AvgIpc) is 3.27. The van der Waals surface area contributed by atoms with E-state index in [0.29, 0.717) is 19.3 Å². The topological polar surface area (TPSA) is 78.9 Å². The van der Waals surface area contributed by atoms with Gasteiger partial charge < -0.3 is 14.2 Å². The van der Waals surface area contributed by atoms with Crippen LogP contribution in [-0.4, -0.2) is 37.2 Å². The second-order valence-corrected chi connectivity index (χ2v) is 17.4. The van der Waals surface area contributed by atoms with Crippen LogP contribution in [0.1, 0.15) is 258 Å². The van der Waals surface area contributed by atoms with E-state index in [1.54, 1.807) is 0 Å². The number of unbranched alkanes of at least 4 members (excludes halogenated alkanes) is 26. The van der Waals surface area contributed by atoms with Gasteiger partial charge in [-0.15, -0.1) is 0 Å². The van der Waals surface area contributed by atoms with Crippen molar-refractivity contribution in [3.05, 3.63) is 60.8 Å². The van der Waals surface area contributed by atoms with Crippen molar-refractivity contribution in [2.75, 3.05) is 13.2 Å². The molecule has 0 saturated carbocycles. The van der Waals surface area contributed by atoms with Gasteiger partial charge in [-0.3, -0.25) is 14.4 Å². The molecule has 6 heteroatoms. The molecule has 358 valence electrons. The molecule has 6 nitrogen and oxygen atoms in total. The molecule has 0 radical (unpaired) electrons. The second kappa shape index (κ2) is 50.8. The SMILES string of the molecule is CC/C=C\C/C=C\C/C=C\CCCCCCCCC(=O)OCC(COC(=O)CCCCCCC/C=C\C/C=C\CC)OC(=O)CCCCCCCCCCCCCCCCCC. The highest BCUT2D eigenvalue weighted by Crippen LogP contribution is 2.16. The summed E-state index contributed by atoms with van der Waals surface area (Å²) < 4.78 is 16.8. The standard InChI is InChI=1S/C56H98O6/c1-4-7-10-13-16-19-22-25-27-29-31-34-37-40-43-46-49-55(58)61-52-53(51-60-54(57)48-45-42-39-36-33-24-21-18-15-12-9-6-3)62-56(59)50-47-44-41-38-35-32-30-28-26-23-20-17-14-11-8-5-2/h7,9-10,12,16,18-19,21,25,27,53H,4-6,8,11,13-15,17,20,22-24,26,28-52H2,1-3H3/b10-7-,12-9-,19-16-,21-18-,27-25-. The smallest absolute Gasteiger partial charge is 0.306 e. The predicted molar refractivity (Wildman–Crippen MR) is 265 cm³/mol. The third kappa shape index (κ3) is 48.1. The zero-order chi connectivity index (χ0) is 45.1. The van der Waals surface area contributed by atoms with Gasteiger partial charge in [0.2, 0.25) is 0 Å². The van der Waals surface area contributed by atoms with Crippen LogP contribution in [0.2, 0.25) is 0 Å². The van der Waals surface area contributed by atoms with Gasteiger partial charge in [-0.25, -0.2) is 0 Å². The fourth-order valence-corrected chi connectivity index (χ4v) is 7.38. The number of carbonyl (C=O) groups excluding carboxylic acids is 3. The maximum atomic E-state index is 12.8. The number of allylic oxidation sites excluding steroid dienone is 10. The zero-order valence-corrected chi connectivity index (χ0v) is 40.9. The number of rotatable bonds is 47. The Morgan fingerprint density at radius 2 is 0.629 bits per heavy atom. The number of ether oxygens (including phenoxy) is 3. The molecular weight excluding hydrogens is 769 g/mol. The third-order valence-corrected chi connectivity index (χ3v) is 11.3. The highest BCUT2D eigenvalue weighted by Gasteiger charge is 2.19. The summed E-state index contributed by atoms with van der Waals surface area (Å²) in [5.41, 5.74) is 0.